The van der Waals surface area contributed by atoms with Crippen LogP contribution in [0.15, 0.2) is 247 Å². The third-order valence-corrected chi connectivity index (χ3v) is 12.4. The molecule has 0 aliphatic carbocycles. The van der Waals surface area contributed by atoms with Gasteiger partial charge in [0, 0.05) is 44.3 Å². The lowest BCUT2D eigenvalue weighted by Crippen LogP contribution is -2.10. The maximum atomic E-state index is 6.24. The quantitative estimate of drug-likeness (QED) is 0.153. The van der Waals surface area contributed by atoms with E-state index in [2.05, 4.69) is 240 Å². The zero-order valence-corrected chi connectivity index (χ0v) is 34.4. The van der Waals surface area contributed by atoms with Crippen LogP contribution in [0, 0.1) is 0 Å². The van der Waals surface area contributed by atoms with Gasteiger partial charge in [0.05, 0.1) is 11.0 Å². The average molecular weight is 805 g/mol. The van der Waals surface area contributed by atoms with Crippen molar-refractivity contribution in [1.82, 2.24) is 4.57 Å². The summed E-state index contributed by atoms with van der Waals surface area (Å²) in [5, 5.41) is 4.82. The number of fused-ring (bicyclic) bond motifs is 6. The minimum absolute atomic E-state index is 0.899. The molecule has 0 spiro atoms. The predicted octanol–water partition coefficient (Wildman–Crippen LogP) is 16.8. The maximum Gasteiger partial charge on any atom is 0.136 e. The molecular formula is C60H40N2O. The fourth-order valence-corrected chi connectivity index (χ4v) is 9.30. The Morgan fingerprint density at radius 1 is 0.270 bits per heavy atom. The van der Waals surface area contributed by atoms with E-state index in [0.717, 1.165) is 61.4 Å². The van der Waals surface area contributed by atoms with Crippen LogP contribution in [0.4, 0.5) is 17.1 Å². The lowest BCUT2D eigenvalue weighted by Gasteiger charge is -2.26. The summed E-state index contributed by atoms with van der Waals surface area (Å²) in [4.78, 5) is 2.34. The molecule has 0 saturated heterocycles. The molecule has 0 amide bonds. The number of hydrogen-bond donors (Lipinski definition) is 0. The summed E-state index contributed by atoms with van der Waals surface area (Å²) in [6, 6.07) is 87.1. The van der Waals surface area contributed by atoms with Crippen molar-refractivity contribution >= 4 is 60.8 Å². The second-order valence-corrected chi connectivity index (χ2v) is 16.2. The highest BCUT2D eigenvalue weighted by molar-refractivity contribution is 6.09. The lowest BCUT2D eigenvalue weighted by atomic mass is 9.98. The van der Waals surface area contributed by atoms with E-state index in [1.54, 1.807) is 0 Å². The van der Waals surface area contributed by atoms with Crippen molar-refractivity contribution in [2.24, 2.45) is 0 Å². The molecule has 12 rings (SSSR count). The van der Waals surface area contributed by atoms with Gasteiger partial charge in [0.15, 0.2) is 0 Å². The molecule has 3 nitrogen and oxygen atoms in total. The maximum absolute atomic E-state index is 6.24. The SMILES string of the molecule is c1ccc(-c2cccc(N(c3ccc(-c4cccc(-c5ccc(-n6c7ccccc7c7ccccc76)cc5)c4)cc3)c3ccc(-c4ccc5c(c4)oc4ccccc45)cc3)c2)cc1. The first-order valence-electron chi connectivity index (χ1n) is 21.5. The van der Waals surface area contributed by atoms with E-state index in [1.165, 1.54) is 49.6 Å². The minimum Gasteiger partial charge on any atom is -0.456 e. The molecule has 10 aromatic carbocycles. The van der Waals surface area contributed by atoms with Gasteiger partial charge >= 0.3 is 0 Å². The number of anilines is 3. The van der Waals surface area contributed by atoms with Gasteiger partial charge in [-0.2, -0.15) is 0 Å². The molecule has 0 radical (unpaired) electrons. The Balaban J connectivity index is 0.868. The van der Waals surface area contributed by atoms with Crippen LogP contribution in [-0.4, -0.2) is 4.57 Å². The fourth-order valence-electron chi connectivity index (χ4n) is 9.30. The van der Waals surface area contributed by atoms with E-state index in [9.17, 15) is 0 Å². The molecule has 0 unspecified atom stereocenters. The molecule has 296 valence electrons. The average Bonchev–Trinajstić information content (AvgIpc) is 3.91. The van der Waals surface area contributed by atoms with Crippen molar-refractivity contribution in [1.29, 1.82) is 0 Å². The second-order valence-electron chi connectivity index (χ2n) is 16.2. The highest BCUT2D eigenvalue weighted by Gasteiger charge is 2.16. The van der Waals surface area contributed by atoms with Crippen LogP contribution >= 0.6 is 0 Å². The van der Waals surface area contributed by atoms with Gasteiger partial charge in [0.2, 0.25) is 0 Å². The molecule has 3 heteroatoms. The number of hydrogen-bond acceptors (Lipinski definition) is 2. The van der Waals surface area contributed by atoms with Gasteiger partial charge in [-0.1, -0.05) is 158 Å². The first-order chi connectivity index (χ1) is 31.2. The van der Waals surface area contributed by atoms with Gasteiger partial charge in [0.1, 0.15) is 11.2 Å². The standard InChI is InChI=1S/C60H40N2O/c1-2-12-41(13-3-1)47-16-11-17-52(39-47)61(50-33-26-44(27-34-50)48-30-37-56-55-20-6-9-23-59(55)63-60(56)40-48)49-31-24-42(25-32-49)45-14-10-15-46(38-45)43-28-35-51(36-29-43)62-57-21-7-4-18-53(57)54-19-5-8-22-58(54)62/h1-40H. The van der Waals surface area contributed by atoms with E-state index in [1.807, 2.05) is 12.1 Å². The van der Waals surface area contributed by atoms with E-state index >= 15 is 0 Å². The number of para-hydroxylation sites is 3. The Hall–Kier alpha value is -8.40. The van der Waals surface area contributed by atoms with E-state index in [0.29, 0.717) is 0 Å². The van der Waals surface area contributed by atoms with Crippen molar-refractivity contribution < 1.29 is 4.42 Å². The molecule has 12 aromatic rings. The Kier molecular flexibility index (Phi) is 8.83. The van der Waals surface area contributed by atoms with Crippen LogP contribution in [0.2, 0.25) is 0 Å². The molecule has 2 aromatic heterocycles. The Morgan fingerprint density at radius 3 is 1.35 bits per heavy atom. The van der Waals surface area contributed by atoms with E-state index in [4.69, 9.17) is 4.42 Å². The normalized spacial score (nSPS) is 11.5. The largest absolute Gasteiger partial charge is 0.456 e. The summed E-state index contributed by atoms with van der Waals surface area (Å²) in [5.41, 5.74) is 18.0. The van der Waals surface area contributed by atoms with Gasteiger partial charge < -0.3 is 13.9 Å². The van der Waals surface area contributed by atoms with Gasteiger partial charge in [-0.15, -0.1) is 0 Å². The molecule has 0 bridgehead atoms. The zero-order chi connectivity index (χ0) is 41.7. The molecule has 0 fully saturated rings. The number of benzene rings is 10. The van der Waals surface area contributed by atoms with Crippen LogP contribution in [0.3, 0.4) is 0 Å². The van der Waals surface area contributed by atoms with Crippen molar-refractivity contribution in [2.75, 3.05) is 4.90 Å². The van der Waals surface area contributed by atoms with E-state index in [-0.39, 0.29) is 0 Å². The summed E-state index contributed by atoms with van der Waals surface area (Å²) in [7, 11) is 0. The van der Waals surface area contributed by atoms with Gasteiger partial charge in [-0.3, -0.25) is 0 Å². The van der Waals surface area contributed by atoms with Crippen molar-refractivity contribution in [3.63, 3.8) is 0 Å². The summed E-state index contributed by atoms with van der Waals surface area (Å²) in [5.74, 6) is 0. The van der Waals surface area contributed by atoms with Crippen molar-refractivity contribution in [2.45, 2.75) is 0 Å². The molecular weight excluding hydrogens is 765 g/mol. The minimum atomic E-state index is 0.899. The van der Waals surface area contributed by atoms with Crippen LogP contribution in [0.5, 0.6) is 0 Å². The molecule has 0 aliphatic heterocycles. The number of rotatable bonds is 8. The highest BCUT2D eigenvalue weighted by Crippen LogP contribution is 2.40. The third-order valence-electron chi connectivity index (χ3n) is 12.4. The number of nitrogens with zero attached hydrogens (tertiary/aromatic N) is 2. The van der Waals surface area contributed by atoms with Crippen LogP contribution < -0.4 is 4.90 Å². The third kappa shape index (κ3) is 6.55. The van der Waals surface area contributed by atoms with Crippen molar-refractivity contribution in [3.8, 4) is 50.2 Å². The zero-order valence-electron chi connectivity index (χ0n) is 34.4. The molecule has 0 atom stereocenters. The van der Waals surface area contributed by atoms with E-state index < -0.39 is 0 Å². The Labute approximate surface area is 366 Å². The smallest absolute Gasteiger partial charge is 0.136 e. The lowest BCUT2D eigenvalue weighted by molar-refractivity contribution is 0.669. The summed E-state index contributed by atoms with van der Waals surface area (Å²) in [6.07, 6.45) is 0. The summed E-state index contributed by atoms with van der Waals surface area (Å²) < 4.78 is 8.61. The van der Waals surface area contributed by atoms with Crippen LogP contribution in [0.25, 0.3) is 93.9 Å². The number of furan rings is 1. The van der Waals surface area contributed by atoms with Crippen LogP contribution in [-0.2, 0) is 0 Å². The predicted molar refractivity (Wildman–Crippen MR) is 264 cm³/mol. The fraction of sp³-hybridized carbons (Fsp3) is 0. The van der Waals surface area contributed by atoms with Crippen molar-refractivity contribution in [3.05, 3.63) is 243 Å². The second kappa shape index (κ2) is 15.3. The first kappa shape index (κ1) is 36.5. The number of aromatic nitrogens is 1. The van der Waals surface area contributed by atoms with Gasteiger partial charge in [-0.05, 0) is 129 Å². The molecule has 63 heavy (non-hydrogen) atoms. The monoisotopic (exact) mass is 804 g/mol. The molecule has 0 aliphatic rings. The highest BCUT2D eigenvalue weighted by atomic mass is 16.3. The Bertz CT molecular complexity index is 3550. The van der Waals surface area contributed by atoms with Crippen LogP contribution in [0.1, 0.15) is 0 Å². The molecule has 0 saturated carbocycles. The summed E-state index contributed by atoms with van der Waals surface area (Å²) >= 11 is 0. The van der Waals surface area contributed by atoms with Gasteiger partial charge in [-0.25, -0.2) is 0 Å². The first-order valence-corrected chi connectivity index (χ1v) is 21.5. The summed E-state index contributed by atoms with van der Waals surface area (Å²) in [6.45, 7) is 0. The Morgan fingerprint density at radius 2 is 0.714 bits per heavy atom. The molecule has 2 heterocycles. The molecule has 0 N–H and O–H groups in total. The van der Waals surface area contributed by atoms with Gasteiger partial charge in [0.25, 0.3) is 0 Å². The topological polar surface area (TPSA) is 21.3 Å².